The molecule has 0 aromatic heterocycles. The molecule has 0 radical (unpaired) electrons. The van der Waals surface area contributed by atoms with E-state index in [9.17, 15) is 110 Å². The number of likely N-dealkylation sites (tertiary alicyclic amines) is 3. The zero-order valence-electron chi connectivity index (χ0n) is 71.6. The highest BCUT2D eigenvalue weighted by Gasteiger charge is 2.48. The predicted molar refractivity (Wildman–Crippen MR) is 427 cm³/mol. The summed E-state index contributed by atoms with van der Waals surface area (Å²) in [6, 6.07) is 0. The number of carbonyl (C=O) groups is 9. The molecule has 39 nitrogen and oxygen atoms in total. The number of ether oxygens (including phenoxy) is 11. The van der Waals surface area contributed by atoms with Gasteiger partial charge >= 0.3 is 0 Å². The second-order valence-electron chi connectivity index (χ2n) is 33.5. The van der Waals surface area contributed by atoms with E-state index >= 15 is 0 Å². The van der Waals surface area contributed by atoms with Crippen molar-refractivity contribution < 1.29 is 162 Å². The number of hydrogen-bond acceptors (Lipinski definition) is 33. The Balaban J connectivity index is 1.06. The molecule has 121 heavy (non-hydrogen) atoms. The number of rotatable bonds is 62. The molecule has 5 aliphatic heterocycles. The van der Waals surface area contributed by atoms with Crippen LogP contribution in [-0.4, -0.2) is 365 Å². The predicted octanol–water partition coefficient (Wildman–Crippen LogP) is -1.31. The van der Waals surface area contributed by atoms with Gasteiger partial charge in [0.05, 0.1) is 97.6 Å². The van der Waals surface area contributed by atoms with Gasteiger partial charge in [0.1, 0.15) is 54.0 Å². The Morgan fingerprint density at radius 1 is 0.421 bits per heavy atom. The van der Waals surface area contributed by atoms with E-state index < -0.39 is 141 Å². The lowest BCUT2D eigenvalue weighted by atomic mass is 9.79. The van der Waals surface area contributed by atoms with Gasteiger partial charge in [-0.2, -0.15) is 0 Å². The van der Waals surface area contributed by atoms with Gasteiger partial charge in [-0.05, 0) is 131 Å². The maximum Gasteiger partial charge on any atom is 0.269 e. The van der Waals surface area contributed by atoms with E-state index in [4.69, 9.17) is 52.1 Å². The number of nitrogens with zero attached hydrogens (tertiary/aromatic N) is 3. The molecular weight excluding hydrogens is 1600 g/mol. The highest BCUT2D eigenvalue weighted by Crippen LogP contribution is 2.39. The molecule has 0 aromatic rings. The number of amides is 6. The first-order valence-electron chi connectivity index (χ1n) is 43.3. The van der Waals surface area contributed by atoms with Gasteiger partial charge in [0.15, 0.2) is 25.2 Å². The number of piperidine rings is 3. The van der Waals surface area contributed by atoms with Crippen molar-refractivity contribution in [3.8, 4) is 0 Å². The Kier molecular flexibility index (Phi) is 50.0. The van der Waals surface area contributed by atoms with Gasteiger partial charge in [-0.25, -0.2) is 0 Å². The molecule has 0 bridgehead atoms. The average Bonchev–Trinajstić information content (AvgIpc) is 1.19. The third-order valence-electron chi connectivity index (χ3n) is 23.2. The minimum atomic E-state index is -1.79. The lowest BCUT2D eigenvalue weighted by molar-refractivity contribution is -0.307. The van der Waals surface area contributed by atoms with Gasteiger partial charge in [0, 0.05) is 145 Å². The summed E-state index contributed by atoms with van der Waals surface area (Å²) < 4.78 is 63.4. The van der Waals surface area contributed by atoms with Crippen molar-refractivity contribution in [2.24, 2.45) is 28.1 Å². The molecule has 0 unspecified atom stereocenters. The number of Topliss-reactive ketones (excluding diaryl/α,β-unsaturated/α-hetero) is 3. The van der Waals surface area contributed by atoms with Gasteiger partial charge in [0.25, 0.3) is 13.0 Å². The second kappa shape index (κ2) is 56.8. The van der Waals surface area contributed by atoms with Crippen LogP contribution < -0.4 is 16.0 Å². The zero-order valence-corrected chi connectivity index (χ0v) is 71.6. The van der Waals surface area contributed by atoms with Crippen LogP contribution in [0.2, 0.25) is 0 Å². The number of aliphatic hydroxyl groups is 13. The summed E-state index contributed by atoms with van der Waals surface area (Å²) in [7, 11) is 0. The quantitative estimate of drug-likeness (QED) is 0.0248. The van der Waals surface area contributed by atoms with Crippen LogP contribution in [0.3, 0.4) is 0 Å². The first-order valence-corrected chi connectivity index (χ1v) is 43.3. The fourth-order valence-corrected chi connectivity index (χ4v) is 15.4. The number of aliphatic hydroxyl groups excluding tert-OH is 13. The fourth-order valence-electron chi connectivity index (χ4n) is 15.4. The molecule has 5 aliphatic rings. The van der Waals surface area contributed by atoms with Crippen LogP contribution >= 0.6 is 0 Å². The van der Waals surface area contributed by atoms with E-state index in [1.165, 1.54) is 34.6 Å². The molecule has 0 saturated carbocycles. The molecule has 700 valence electrons. The van der Waals surface area contributed by atoms with E-state index in [1.807, 2.05) is 0 Å². The molecule has 5 fully saturated rings. The number of ketones is 3. The van der Waals surface area contributed by atoms with E-state index in [0.717, 1.165) is 0 Å². The van der Waals surface area contributed by atoms with Gasteiger partial charge in [-0.15, -0.1) is 0 Å². The summed E-state index contributed by atoms with van der Waals surface area (Å²) in [5, 5.41) is 143. The molecule has 5 heterocycles. The SMILES string of the molecule is CC(=O)C[C@H]1[C@H](OCCCC(=O)NCCCCCC(=O)N2CCC(CO[C@H](O)OCC3(CO[C@@H](O)OCC4(CO)CCN(C(=O)CCCCCNC(=O)CCCO[C@H]5O[C@@H](CO)[C@@H](O)[C@H](O)[C@H]5CC(C)=O)CC4)CCN(C(=O)CCCCCNC(=O)CCCO[C@H](O[C@@H](CO)[C@@H](C)O)[C@@H](O)CC(C)=O)CC3)(CO[C@H](C)O)CC2)O[C@@H](CO)[C@@H](O)[C@@H]1O. The van der Waals surface area contributed by atoms with Gasteiger partial charge in [-0.3, -0.25) is 33.6 Å². The summed E-state index contributed by atoms with van der Waals surface area (Å²) in [5.74, 6) is -3.42. The van der Waals surface area contributed by atoms with Gasteiger partial charge < -0.3 is 159 Å². The molecule has 5 rings (SSSR count). The summed E-state index contributed by atoms with van der Waals surface area (Å²) >= 11 is 0. The zero-order chi connectivity index (χ0) is 89.1. The minimum absolute atomic E-state index is 0.0252. The summed E-state index contributed by atoms with van der Waals surface area (Å²) in [6.07, 6.45) is -6.80. The molecule has 0 aliphatic carbocycles. The topological polar surface area (TPSA) is 564 Å². The Morgan fingerprint density at radius 2 is 0.769 bits per heavy atom. The first kappa shape index (κ1) is 106. The maximum absolute atomic E-state index is 13.7. The van der Waals surface area contributed by atoms with Crippen LogP contribution in [0.1, 0.15) is 208 Å². The molecule has 5 saturated heterocycles. The molecule has 17 atom stereocenters. The second-order valence-corrected chi connectivity index (χ2v) is 33.5. The minimum Gasteiger partial charge on any atom is -0.396 e. The van der Waals surface area contributed by atoms with Crippen molar-refractivity contribution in [3.63, 3.8) is 0 Å². The number of unbranched alkanes of at least 4 members (excludes halogenated alkanes) is 6. The number of carbonyl (C=O) groups excluding carboxylic acids is 9. The van der Waals surface area contributed by atoms with E-state index in [2.05, 4.69) is 16.0 Å². The normalized spacial score (nSPS) is 24.7. The van der Waals surface area contributed by atoms with Crippen LogP contribution in [0, 0.1) is 28.1 Å². The Bertz CT molecular complexity index is 3010. The highest BCUT2D eigenvalue weighted by atomic mass is 16.8. The summed E-state index contributed by atoms with van der Waals surface area (Å²) in [4.78, 5) is 119. The lowest BCUT2D eigenvalue weighted by Crippen LogP contribution is -2.56. The Morgan fingerprint density at radius 3 is 1.09 bits per heavy atom. The van der Waals surface area contributed by atoms with Gasteiger partial charge in [0.2, 0.25) is 35.4 Å². The largest absolute Gasteiger partial charge is 0.396 e. The van der Waals surface area contributed by atoms with Crippen molar-refractivity contribution in [3.05, 3.63) is 0 Å². The fraction of sp³-hybridized carbons (Fsp3) is 0.890. The van der Waals surface area contributed by atoms with Crippen molar-refractivity contribution in [1.29, 1.82) is 0 Å². The van der Waals surface area contributed by atoms with Crippen LogP contribution in [0.5, 0.6) is 0 Å². The van der Waals surface area contributed by atoms with Crippen molar-refractivity contribution in [2.45, 2.75) is 301 Å². The van der Waals surface area contributed by atoms with Crippen molar-refractivity contribution in [2.75, 3.05) is 138 Å². The summed E-state index contributed by atoms with van der Waals surface area (Å²) in [6.45, 7) is 3.83. The highest BCUT2D eigenvalue weighted by molar-refractivity contribution is 5.79. The van der Waals surface area contributed by atoms with Crippen molar-refractivity contribution >= 4 is 52.8 Å². The first-order chi connectivity index (χ1) is 57.7. The van der Waals surface area contributed by atoms with Crippen LogP contribution in [0.4, 0.5) is 0 Å². The lowest BCUT2D eigenvalue weighted by Gasteiger charge is -2.43. The molecular formula is C82H144N6O33. The molecule has 0 aromatic carbocycles. The number of nitrogens with one attached hydrogen (secondary N) is 3. The van der Waals surface area contributed by atoms with E-state index in [-0.39, 0.29) is 190 Å². The van der Waals surface area contributed by atoms with Crippen molar-refractivity contribution in [1.82, 2.24) is 30.7 Å². The van der Waals surface area contributed by atoms with Crippen LogP contribution in [0.15, 0.2) is 0 Å². The number of hydrogen-bond donors (Lipinski definition) is 16. The Hall–Kier alpha value is -5.13. The monoisotopic (exact) mass is 1740 g/mol. The average molecular weight is 1740 g/mol. The van der Waals surface area contributed by atoms with E-state index in [1.54, 1.807) is 14.7 Å². The summed E-state index contributed by atoms with van der Waals surface area (Å²) in [5.41, 5.74) is -2.49. The third kappa shape index (κ3) is 38.9. The van der Waals surface area contributed by atoms with Gasteiger partial charge in [-0.1, -0.05) is 19.3 Å². The molecule has 6 amide bonds. The Labute approximate surface area is 709 Å². The molecule has 0 spiro atoms. The third-order valence-corrected chi connectivity index (χ3v) is 23.2. The van der Waals surface area contributed by atoms with E-state index in [0.29, 0.717) is 155 Å². The standard InChI is InChI=1S/C82H144N6O33/c1-54(93)42-59-71(105)73(107)63(46-90)120-75(59)111-39-15-18-65(99)83-30-12-6-9-21-68(102)86-33-24-80(48-92,25-34-86)49-115-78(109)117-52-82(28-37-88(38-29-82)70(104)23-11-8-14-32-85-67(101)20-17-41-113-77(61(98)44-56(3)95)119-62(45-89)57(4)96)53-118-79(110)116-51-81(50-114-58(5)97)26-35-87(36-27-81)69(103)22-10-7-13-31-84-66(100)19-16-40-112-76-60(43-55(2)94)72(106)74(108)64(47-91)121-76/h57-64,71-79,89-92,96-98,105-110H,6-53H2,1-5H3,(H,83,99)(H,84,100)(H,85,101)/t57-,58-,59-,60-,61+,62+,63+,64+,71-,72-,73-,74-,75+,76-,77-,78+,79+/m1/s1. The maximum atomic E-state index is 13.7. The molecule has 39 heteroatoms. The van der Waals surface area contributed by atoms with Crippen LogP contribution in [0.25, 0.3) is 0 Å². The van der Waals surface area contributed by atoms with Crippen LogP contribution in [-0.2, 0) is 95.3 Å². The smallest absolute Gasteiger partial charge is 0.269 e. The molecule has 16 N–H and O–H groups in total.